The van der Waals surface area contributed by atoms with Crippen molar-refractivity contribution in [3.05, 3.63) is 97.8 Å². The molecule has 2 aromatic carbocycles. The summed E-state index contributed by atoms with van der Waals surface area (Å²) in [5, 5.41) is 21.3. The number of rotatable bonds is 9. The first-order valence-electron chi connectivity index (χ1n) is 18.0. The van der Waals surface area contributed by atoms with Gasteiger partial charge in [-0.2, -0.15) is 5.26 Å². The normalized spacial score (nSPS) is 19.9. The summed E-state index contributed by atoms with van der Waals surface area (Å²) in [4.78, 5) is 48.4. The molecule has 14 heteroatoms. The lowest BCUT2D eigenvalue weighted by atomic mass is 9.93. The number of aromatic amines is 2. The van der Waals surface area contributed by atoms with Crippen molar-refractivity contribution in [1.29, 1.82) is 5.26 Å². The third-order valence-corrected chi connectivity index (χ3v) is 10.7. The van der Waals surface area contributed by atoms with E-state index in [-0.39, 0.29) is 18.1 Å². The van der Waals surface area contributed by atoms with E-state index in [1.807, 2.05) is 30.3 Å². The first kappa shape index (κ1) is 35.2. The summed E-state index contributed by atoms with van der Waals surface area (Å²) in [5.41, 5.74) is 2.26. The SMILES string of the molecule is N#Cc1ccc(OC2CCC(NC(=O)c3ccc(N4CCC(CN5CCN(c6ccc(-c7cc(=O)[nH]c(=O)[nH]7)cc6)CC5)CC4)nn3)CC2)cc1Cl. The van der Waals surface area contributed by atoms with Crippen LogP contribution in [0, 0.1) is 17.2 Å². The number of nitrogens with zero attached hydrogens (tertiary/aromatic N) is 6. The molecule has 1 aliphatic carbocycles. The van der Waals surface area contributed by atoms with Crippen LogP contribution in [0.4, 0.5) is 11.5 Å². The van der Waals surface area contributed by atoms with Crippen LogP contribution in [0.2, 0.25) is 5.02 Å². The number of anilines is 2. The fourth-order valence-electron chi connectivity index (χ4n) is 7.43. The van der Waals surface area contributed by atoms with Crippen LogP contribution in [-0.4, -0.2) is 88.9 Å². The Kier molecular flexibility index (Phi) is 10.8. The van der Waals surface area contributed by atoms with Gasteiger partial charge in [0.05, 0.1) is 22.4 Å². The van der Waals surface area contributed by atoms with E-state index in [1.54, 1.807) is 24.3 Å². The van der Waals surface area contributed by atoms with Crippen LogP contribution in [-0.2, 0) is 0 Å². The Bertz CT molecular complexity index is 1980. The summed E-state index contributed by atoms with van der Waals surface area (Å²) in [6, 6.07) is 20.2. The number of aromatic nitrogens is 4. The Morgan fingerprint density at radius 2 is 1.62 bits per heavy atom. The molecule has 2 saturated heterocycles. The number of carbonyl (C=O) groups excluding carboxylic acids is 1. The van der Waals surface area contributed by atoms with Gasteiger partial charge in [-0.15, -0.1) is 10.2 Å². The van der Waals surface area contributed by atoms with Gasteiger partial charge in [0.1, 0.15) is 11.8 Å². The van der Waals surface area contributed by atoms with Crippen molar-refractivity contribution in [3.8, 4) is 23.1 Å². The van der Waals surface area contributed by atoms with Crippen molar-refractivity contribution in [2.75, 3.05) is 55.6 Å². The van der Waals surface area contributed by atoms with E-state index in [0.717, 1.165) is 101 Å². The van der Waals surface area contributed by atoms with Crippen LogP contribution in [0.1, 0.15) is 54.6 Å². The number of amides is 1. The van der Waals surface area contributed by atoms with Crippen molar-refractivity contribution in [1.82, 2.24) is 30.4 Å². The van der Waals surface area contributed by atoms with Crippen molar-refractivity contribution < 1.29 is 9.53 Å². The molecule has 3 N–H and O–H groups in total. The molecule has 0 unspecified atom stereocenters. The van der Waals surface area contributed by atoms with E-state index < -0.39 is 11.2 Å². The standard InChI is InChI=1S/C38H42ClN9O4/c39-32-21-31(8-3-27(32)23-40)52-30-9-4-28(5-10-30)41-37(50)33-11-12-35(45-44-33)48-15-13-25(14-16-48)24-46-17-19-47(20-18-46)29-6-1-26(2-7-29)34-22-36(49)43-38(51)42-34/h1-3,6-8,11-12,21-22,25,28,30H,4-5,9-10,13-20,24H2,(H,41,50)(H2,42,43,49,51). The highest BCUT2D eigenvalue weighted by Crippen LogP contribution is 2.28. The van der Waals surface area contributed by atoms with Gasteiger partial charge in [0, 0.05) is 69.7 Å². The maximum atomic E-state index is 13.0. The lowest BCUT2D eigenvalue weighted by Crippen LogP contribution is -2.49. The van der Waals surface area contributed by atoms with Crippen molar-refractivity contribution in [2.45, 2.75) is 50.7 Å². The number of carbonyl (C=O) groups is 1. The minimum absolute atomic E-state index is 0.0347. The Labute approximate surface area is 306 Å². The van der Waals surface area contributed by atoms with Crippen LogP contribution in [0.25, 0.3) is 11.3 Å². The zero-order valence-corrected chi connectivity index (χ0v) is 29.6. The number of hydrogen-bond acceptors (Lipinski definition) is 10. The van der Waals surface area contributed by atoms with Crippen LogP contribution < -0.4 is 31.1 Å². The first-order valence-corrected chi connectivity index (χ1v) is 18.3. The average molecular weight is 724 g/mol. The monoisotopic (exact) mass is 723 g/mol. The molecule has 0 spiro atoms. The molecule has 2 aromatic heterocycles. The fraction of sp³-hybridized carbons (Fsp3) is 0.421. The van der Waals surface area contributed by atoms with E-state index >= 15 is 0 Å². The predicted molar refractivity (Wildman–Crippen MR) is 199 cm³/mol. The Morgan fingerprint density at radius 1 is 0.865 bits per heavy atom. The lowest BCUT2D eigenvalue weighted by molar-refractivity contribution is 0.0888. The number of nitriles is 1. The minimum Gasteiger partial charge on any atom is -0.490 e. The lowest BCUT2D eigenvalue weighted by Gasteiger charge is -2.39. The fourth-order valence-corrected chi connectivity index (χ4v) is 7.64. The molecule has 1 amide bonds. The minimum atomic E-state index is -0.509. The van der Waals surface area contributed by atoms with E-state index in [9.17, 15) is 14.4 Å². The Hall–Kier alpha value is -5.19. The molecule has 52 heavy (non-hydrogen) atoms. The van der Waals surface area contributed by atoms with Crippen LogP contribution >= 0.6 is 11.6 Å². The summed E-state index contributed by atoms with van der Waals surface area (Å²) in [7, 11) is 0. The molecule has 270 valence electrons. The van der Waals surface area contributed by atoms with Crippen molar-refractivity contribution in [3.63, 3.8) is 0 Å². The summed E-state index contributed by atoms with van der Waals surface area (Å²) >= 11 is 6.14. The molecule has 0 bridgehead atoms. The van der Waals surface area contributed by atoms with Crippen molar-refractivity contribution >= 4 is 29.0 Å². The number of piperazine rings is 1. The second kappa shape index (κ2) is 16.0. The molecule has 4 heterocycles. The van der Waals surface area contributed by atoms with E-state index in [1.165, 1.54) is 6.07 Å². The number of hydrogen-bond donors (Lipinski definition) is 3. The molecule has 0 radical (unpaired) electrons. The first-order chi connectivity index (χ1) is 25.3. The topological polar surface area (TPSA) is 163 Å². The Morgan fingerprint density at radius 3 is 2.27 bits per heavy atom. The highest BCUT2D eigenvalue weighted by atomic mass is 35.5. The van der Waals surface area contributed by atoms with Gasteiger partial charge in [0.15, 0.2) is 11.5 Å². The highest BCUT2D eigenvalue weighted by molar-refractivity contribution is 6.31. The molecule has 7 rings (SSSR count). The molecule has 13 nitrogen and oxygen atoms in total. The van der Waals surface area contributed by atoms with Gasteiger partial charge < -0.3 is 24.8 Å². The maximum Gasteiger partial charge on any atom is 0.326 e. The second-order valence-electron chi connectivity index (χ2n) is 13.9. The average Bonchev–Trinajstić information content (AvgIpc) is 3.16. The zero-order valence-electron chi connectivity index (χ0n) is 28.9. The molecular weight excluding hydrogens is 682 g/mol. The number of halogens is 1. The van der Waals surface area contributed by atoms with E-state index in [2.05, 4.69) is 46.3 Å². The van der Waals surface area contributed by atoms with Gasteiger partial charge in [-0.1, -0.05) is 23.7 Å². The molecule has 3 aliphatic rings. The van der Waals surface area contributed by atoms with Gasteiger partial charge in [0.2, 0.25) is 0 Å². The molecule has 2 aliphatic heterocycles. The quantitative estimate of drug-likeness (QED) is 0.228. The van der Waals surface area contributed by atoms with Crippen LogP contribution in [0.5, 0.6) is 5.75 Å². The molecular formula is C38H42ClN9O4. The van der Waals surface area contributed by atoms with Crippen molar-refractivity contribution in [2.24, 2.45) is 5.92 Å². The predicted octanol–water partition coefficient (Wildman–Crippen LogP) is 4.20. The van der Waals surface area contributed by atoms with E-state index in [4.69, 9.17) is 21.6 Å². The summed E-state index contributed by atoms with van der Waals surface area (Å²) in [6.07, 6.45) is 5.42. The largest absolute Gasteiger partial charge is 0.490 e. The molecule has 1 saturated carbocycles. The number of ether oxygens (including phenoxy) is 1. The number of H-pyrrole nitrogens is 2. The third-order valence-electron chi connectivity index (χ3n) is 10.4. The van der Waals surface area contributed by atoms with Gasteiger partial charge in [-0.25, -0.2) is 4.79 Å². The van der Waals surface area contributed by atoms with Crippen LogP contribution in [0.15, 0.2) is 70.3 Å². The summed E-state index contributed by atoms with van der Waals surface area (Å²) < 4.78 is 6.07. The number of benzene rings is 2. The molecule has 0 atom stereocenters. The highest BCUT2D eigenvalue weighted by Gasteiger charge is 2.27. The second-order valence-corrected chi connectivity index (χ2v) is 14.3. The van der Waals surface area contributed by atoms with Crippen LogP contribution in [0.3, 0.4) is 0 Å². The van der Waals surface area contributed by atoms with Gasteiger partial charge >= 0.3 is 5.69 Å². The molecule has 3 fully saturated rings. The number of nitrogens with one attached hydrogen (secondary N) is 3. The maximum absolute atomic E-state index is 13.0. The number of piperidine rings is 1. The third kappa shape index (κ3) is 8.63. The summed E-state index contributed by atoms with van der Waals surface area (Å²) in [6.45, 7) is 6.80. The smallest absolute Gasteiger partial charge is 0.326 e. The van der Waals surface area contributed by atoms with Gasteiger partial charge in [0.25, 0.3) is 11.5 Å². The summed E-state index contributed by atoms with van der Waals surface area (Å²) in [5.74, 6) is 1.87. The Balaban J connectivity index is 0.809. The van der Waals surface area contributed by atoms with E-state index in [0.29, 0.717) is 33.6 Å². The molecule has 4 aromatic rings. The van der Waals surface area contributed by atoms with Gasteiger partial charge in [-0.3, -0.25) is 19.5 Å². The zero-order chi connectivity index (χ0) is 36.0. The van der Waals surface area contributed by atoms with Gasteiger partial charge in [-0.05, 0) is 86.4 Å².